The number of halogens is 2. The Balaban J connectivity index is 2.24. The first-order valence-corrected chi connectivity index (χ1v) is 14.5. The summed E-state index contributed by atoms with van der Waals surface area (Å²) in [6.07, 6.45) is 7.94. The second-order valence-corrected chi connectivity index (χ2v) is 11.7. The Kier molecular flexibility index (Phi) is 8.05. The summed E-state index contributed by atoms with van der Waals surface area (Å²) < 4.78 is 1.08. The second-order valence-electron chi connectivity index (χ2n) is 10.1. The third-order valence-corrected chi connectivity index (χ3v) is 9.18. The van der Waals surface area contributed by atoms with Gasteiger partial charge in [0.15, 0.2) is 0 Å². The summed E-state index contributed by atoms with van der Waals surface area (Å²) in [4.78, 5) is 58.7. The van der Waals surface area contributed by atoms with Gasteiger partial charge in [-0.15, -0.1) is 0 Å². The molecule has 4 aromatic heterocycles. The summed E-state index contributed by atoms with van der Waals surface area (Å²) in [5.74, 6) is -0.0501. The van der Waals surface area contributed by atoms with Gasteiger partial charge in [-0.2, -0.15) is 0 Å². The number of aromatic nitrogens is 2. The molecule has 0 amide bonds. The summed E-state index contributed by atoms with van der Waals surface area (Å²) in [6.45, 7) is 8.36. The molecule has 0 aliphatic carbocycles. The largest absolute Gasteiger partial charge is 0.288 e. The highest BCUT2D eigenvalue weighted by Crippen LogP contribution is 2.46. The van der Waals surface area contributed by atoms with Crippen LogP contribution in [0.1, 0.15) is 102 Å². The van der Waals surface area contributed by atoms with Crippen molar-refractivity contribution in [3.63, 3.8) is 0 Å². The molecule has 4 heterocycles. The van der Waals surface area contributed by atoms with E-state index >= 15 is 0 Å². The maximum Gasteiger partial charge on any atom is 0.259 e. The van der Waals surface area contributed by atoms with E-state index < -0.39 is 22.2 Å². The fourth-order valence-electron chi connectivity index (χ4n) is 5.70. The topological polar surface area (TPSA) is 99.9 Å². The Morgan fingerprint density at radius 1 is 0.556 bits per heavy atom. The van der Waals surface area contributed by atoms with Crippen molar-refractivity contribution in [3.8, 4) is 0 Å². The Bertz CT molecular complexity index is 1530. The highest BCUT2D eigenvalue weighted by atomic mass is 79.9. The van der Waals surface area contributed by atoms with Gasteiger partial charge in [0, 0.05) is 19.7 Å². The van der Waals surface area contributed by atoms with Gasteiger partial charge in [-0.1, -0.05) is 66.2 Å². The van der Waals surface area contributed by atoms with Gasteiger partial charge in [0.05, 0.1) is 21.5 Å². The smallest absolute Gasteiger partial charge is 0.259 e. The number of hydrogen-bond acceptors (Lipinski definition) is 4. The van der Waals surface area contributed by atoms with Gasteiger partial charge < -0.3 is 0 Å². The van der Waals surface area contributed by atoms with Crippen LogP contribution >= 0.6 is 31.9 Å². The van der Waals surface area contributed by atoms with E-state index in [0.29, 0.717) is 30.5 Å². The van der Waals surface area contributed by atoms with Gasteiger partial charge in [0.25, 0.3) is 22.2 Å². The van der Waals surface area contributed by atoms with Crippen molar-refractivity contribution in [1.29, 1.82) is 0 Å². The summed E-state index contributed by atoms with van der Waals surface area (Å²) in [7, 11) is 0. The van der Waals surface area contributed by atoms with Crippen LogP contribution in [-0.2, 0) is 0 Å². The van der Waals surface area contributed by atoms with Gasteiger partial charge in [0.2, 0.25) is 0 Å². The molecule has 0 saturated carbocycles. The lowest BCUT2D eigenvalue weighted by Gasteiger charge is -2.21. The molecule has 2 unspecified atom stereocenters. The van der Waals surface area contributed by atoms with Crippen LogP contribution in [0.4, 0.5) is 0 Å². The van der Waals surface area contributed by atoms with Crippen molar-refractivity contribution in [2.75, 3.05) is 0 Å². The van der Waals surface area contributed by atoms with Gasteiger partial charge in [0.1, 0.15) is 0 Å². The SMILES string of the molecule is CCCCCC(C)c1c(Br)c2c(=O)[nH]c(=O)c1c1c3c(Br)c(C(C)CCCCC)c(c(=O)[nH]c3=O)c21. The molecule has 6 aromatic rings. The van der Waals surface area contributed by atoms with Crippen LogP contribution in [0.5, 0.6) is 0 Å². The lowest BCUT2D eigenvalue weighted by atomic mass is 9.84. The molecule has 6 rings (SSSR count). The lowest BCUT2D eigenvalue weighted by Crippen LogP contribution is -2.14. The summed E-state index contributed by atoms with van der Waals surface area (Å²) >= 11 is 7.33. The zero-order valence-corrected chi connectivity index (χ0v) is 24.4. The van der Waals surface area contributed by atoms with Gasteiger partial charge in [-0.05, 0) is 67.7 Å². The van der Waals surface area contributed by atoms with Crippen LogP contribution in [0.2, 0.25) is 0 Å². The van der Waals surface area contributed by atoms with E-state index in [-0.39, 0.29) is 22.6 Å². The van der Waals surface area contributed by atoms with Gasteiger partial charge in [-0.3, -0.25) is 29.1 Å². The van der Waals surface area contributed by atoms with Crippen LogP contribution in [-0.4, -0.2) is 9.97 Å². The number of benzene rings is 2. The Hall–Kier alpha value is -2.06. The van der Waals surface area contributed by atoms with E-state index in [1.807, 2.05) is 13.8 Å². The van der Waals surface area contributed by atoms with Crippen LogP contribution in [0.15, 0.2) is 28.1 Å². The monoisotopic (exact) mass is 618 g/mol. The molecular formula is C28H32Br2N2O4. The minimum atomic E-state index is -0.555. The van der Waals surface area contributed by atoms with Crippen molar-refractivity contribution in [1.82, 2.24) is 9.97 Å². The zero-order valence-electron chi connectivity index (χ0n) is 21.2. The normalized spacial score (nSPS) is 13.8. The molecule has 0 spiro atoms. The van der Waals surface area contributed by atoms with Crippen molar-refractivity contribution < 1.29 is 0 Å². The zero-order chi connectivity index (χ0) is 26.3. The third kappa shape index (κ3) is 4.34. The van der Waals surface area contributed by atoms with Crippen LogP contribution in [0, 0.1) is 0 Å². The van der Waals surface area contributed by atoms with Crippen molar-refractivity contribution >= 4 is 64.2 Å². The van der Waals surface area contributed by atoms with E-state index in [9.17, 15) is 19.2 Å². The highest BCUT2D eigenvalue weighted by Gasteiger charge is 2.30. The second kappa shape index (κ2) is 10.7. The number of unbranched alkanes of at least 4 members (excludes halogenated alkanes) is 4. The fraction of sp³-hybridized carbons (Fsp3) is 0.500. The molecule has 2 N–H and O–H groups in total. The first-order chi connectivity index (χ1) is 17.1. The number of fused-ring (bicyclic) bond motifs is 6. The van der Waals surface area contributed by atoms with E-state index in [4.69, 9.17) is 0 Å². The minimum Gasteiger partial charge on any atom is -0.288 e. The predicted molar refractivity (Wildman–Crippen MR) is 156 cm³/mol. The highest BCUT2D eigenvalue weighted by molar-refractivity contribution is 9.11. The van der Waals surface area contributed by atoms with E-state index in [1.54, 1.807) is 0 Å². The molecule has 2 aromatic carbocycles. The molecule has 6 nitrogen and oxygen atoms in total. The van der Waals surface area contributed by atoms with Crippen LogP contribution in [0.25, 0.3) is 32.3 Å². The molecule has 4 bridgehead atoms. The number of aromatic amines is 2. The molecule has 0 radical (unpaired) electrons. The molecule has 8 heteroatoms. The summed E-state index contributed by atoms with van der Waals surface area (Å²) in [6, 6.07) is 0. The Labute approximate surface area is 225 Å². The van der Waals surface area contributed by atoms with Gasteiger partial charge in [-0.25, -0.2) is 0 Å². The Morgan fingerprint density at radius 3 is 1.22 bits per heavy atom. The Morgan fingerprint density at radius 2 is 0.889 bits per heavy atom. The number of nitrogens with one attached hydrogen (secondary N) is 2. The molecule has 0 aliphatic heterocycles. The van der Waals surface area contributed by atoms with Crippen molar-refractivity contribution in [2.24, 2.45) is 0 Å². The molecule has 0 aliphatic rings. The van der Waals surface area contributed by atoms with E-state index in [2.05, 4.69) is 55.7 Å². The maximum absolute atomic E-state index is 13.5. The predicted octanol–water partition coefficient (Wildman–Crippen LogP) is 7.01. The van der Waals surface area contributed by atoms with E-state index in [1.165, 1.54) is 0 Å². The number of rotatable bonds is 10. The fourth-order valence-corrected chi connectivity index (χ4v) is 7.63. The van der Waals surface area contributed by atoms with E-state index in [0.717, 1.165) is 62.5 Å². The first-order valence-electron chi connectivity index (χ1n) is 12.9. The maximum atomic E-state index is 13.5. The molecule has 0 saturated heterocycles. The molecule has 2 atom stereocenters. The van der Waals surface area contributed by atoms with Crippen LogP contribution in [0.3, 0.4) is 0 Å². The van der Waals surface area contributed by atoms with Crippen LogP contribution < -0.4 is 22.2 Å². The first kappa shape index (κ1) is 27.0. The quantitative estimate of drug-likeness (QED) is 0.186. The standard InChI is InChI=1S/C28H32Br2N2O4/c1-5-7-9-11-13(3)15-19-17-18(21(23(15)29)27(35)31-25(19)33)20-16(14(4)12-10-8-6-2)24(30)22(17)28(36)32-26(20)34/h13-14H,5-12H2,1-4H3,(H,31,33,35)(H,32,34,36). The molecule has 0 fully saturated rings. The summed E-state index contributed by atoms with van der Waals surface area (Å²) in [5, 5.41) is 1.91. The van der Waals surface area contributed by atoms with Gasteiger partial charge >= 0.3 is 0 Å². The number of H-pyrrole nitrogens is 2. The third-order valence-electron chi connectivity index (χ3n) is 7.53. The average molecular weight is 620 g/mol. The van der Waals surface area contributed by atoms with Crippen molar-refractivity contribution in [2.45, 2.75) is 90.9 Å². The van der Waals surface area contributed by atoms with Crippen molar-refractivity contribution in [3.05, 3.63) is 61.5 Å². The molecular weight excluding hydrogens is 588 g/mol. The lowest BCUT2D eigenvalue weighted by molar-refractivity contribution is 0.599. The number of hydrogen-bond donors (Lipinski definition) is 2. The molecule has 192 valence electrons. The average Bonchev–Trinajstić information content (AvgIpc) is 3.08. The molecule has 36 heavy (non-hydrogen) atoms. The summed E-state index contributed by atoms with van der Waals surface area (Å²) in [5.41, 5.74) is -0.731. The minimum absolute atomic E-state index is 0.0250.